The molecule has 2 nitrogen and oxygen atoms in total. The molecule has 0 N–H and O–H groups in total. The fourth-order valence-corrected chi connectivity index (χ4v) is 1.14. The van der Waals surface area contributed by atoms with Gasteiger partial charge in [-0.1, -0.05) is 0 Å². The Bertz CT molecular complexity index is 260. The summed E-state index contributed by atoms with van der Waals surface area (Å²) in [5, 5.41) is 6.56. The molecule has 0 unspecified atom stereocenters. The smallest absolute Gasteiger partial charge is 0.160 e. The summed E-state index contributed by atoms with van der Waals surface area (Å²) < 4.78 is 35.6. The maximum Gasteiger partial charge on any atom is 0.447 e. The third-order valence-corrected chi connectivity index (χ3v) is 1.91. The van der Waals surface area contributed by atoms with E-state index in [0.717, 1.165) is 0 Å². The first kappa shape index (κ1) is 9.79. The molecule has 12 heavy (non-hydrogen) atoms. The zero-order valence-corrected chi connectivity index (χ0v) is 7.87. The Morgan fingerprint density at radius 2 is 1.92 bits per heavy atom. The van der Waals surface area contributed by atoms with Gasteiger partial charge in [-0.15, -0.1) is 10.2 Å². The summed E-state index contributed by atoms with van der Waals surface area (Å²) in [4.78, 5) is 0. The maximum atomic E-state index is 11.7. The summed E-state index contributed by atoms with van der Waals surface area (Å²) in [6.45, 7) is 0. The summed E-state index contributed by atoms with van der Waals surface area (Å²) in [5.74, 6) is 0. The molecule has 0 atom stereocenters. The molecule has 1 rings (SSSR count). The van der Waals surface area contributed by atoms with E-state index in [4.69, 9.17) is 0 Å². The molecule has 0 aliphatic heterocycles. The molecule has 0 fully saturated rings. The third kappa shape index (κ3) is 3.40. The molecule has 66 valence electrons. The number of hydrogen-bond donors (Lipinski definition) is 0. The largest absolute Gasteiger partial charge is 0.447 e. The van der Waals surface area contributed by atoms with E-state index >= 15 is 0 Å². The fourth-order valence-electron chi connectivity index (χ4n) is 0.477. The van der Waals surface area contributed by atoms with Crippen LogP contribution < -0.4 is 0 Å². The fraction of sp³-hybridized carbons (Fsp3) is 0.200. The van der Waals surface area contributed by atoms with Crippen LogP contribution in [0.3, 0.4) is 0 Å². The van der Waals surface area contributed by atoms with Crippen LogP contribution >= 0.6 is 27.7 Å². The molecule has 0 saturated carbocycles. The van der Waals surface area contributed by atoms with Crippen LogP contribution in [0.1, 0.15) is 0 Å². The second kappa shape index (κ2) is 3.61. The van der Waals surface area contributed by atoms with Gasteiger partial charge in [-0.25, -0.2) is 0 Å². The maximum absolute atomic E-state index is 11.7. The zero-order valence-electron chi connectivity index (χ0n) is 5.47. The Labute approximate surface area is 78.7 Å². The molecule has 0 amide bonds. The number of hydrogen-bond acceptors (Lipinski definition) is 3. The van der Waals surface area contributed by atoms with Crippen molar-refractivity contribution in [2.24, 2.45) is 0 Å². The van der Waals surface area contributed by atoms with Crippen LogP contribution in [0.15, 0.2) is 21.8 Å². The molecular weight excluding hydrogens is 257 g/mol. The second-order valence-corrected chi connectivity index (χ2v) is 3.64. The topological polar surface area (TPSA) is 25.8 Å². The van der Waals surface area contributed by atoms with Crippen LogP contribution in [0.4, 0.5) is 13.2 Å². The van der Waals surface area contributed by atoms with Gasteiger partial charge >= 0.3 is 5.51 Å². The average molecular weight is 259 g/mol. The van der Waals surface area contributed by atoms with E-state index in [2.05, 4.69) is 26.1 Å². The second-order valence-electron chi connectivity index (χ2n) is 1.74. The SMILES string of the molecule is FC(F)(F)Sc1ccc(Br)nn1. The first-order chi connectivity index (χ1) is 5.47. The van der Waals surface area contributed by atoms with Crippen molar-refractivity contribution in [3.8, 4) is 0 Å². The highest BCUT2D eigenvalue weighted by molar-refractivity contribution is 9.10. The number of nitrogens with zero attached hydrogens (tertiary/aromatic N) is 2. The van der Waals surface area contributed by atoms with Gasteiger partial charge in [0.25, 0.3) is 0 Å². The zero-order chi connectivity index (χ0) is 9.19. The molecule has 0 aliphatic rings. The molecule has 1 heterocycles. The lowest BCUT2D eigenvalue weighted by molar-refractivity contribution is -0.0329. The highest BCUT2D eigenvalue weighted by Gasteiger charge is 2.30. The van der Waals surface area contributed by atoms with Crippen molar-refractivity contribution in [1.29, 1.82) is 0 Å². The van der Waals surface area contributed by atoms with Crippen molar-refractivity contribution in [3.63, 3.8) is 0 Å². The average Bonchev–Trinajstić information content (AvgIpc) is 1.91. The molecule has 0 aromatic carbocycles. The molecule has 0 bridgehead atoms. The van der Waals surface area contributed by atoms with E-state index < -0.39 is 5.51 Å². The van der Waals surface area contributed by atoms with Gasteiger partial charge in [0, 0.05) is 11.8 Å². The molecule has 0 radical (unpaired) electrons. The van der Waals surface area contributed by atoms with Crippen molar-refractivity contribution in [3.05, 3.63) is 16.7 Å². The Hall–Kier alpha value is -0.300. The van der Waals surface area contributed by atoms with Crippen LogP contribution in [-0.4, -0.2) is 15.7 Å². The third-order valence-electron chi connectivity index (χ3n) is 0.828. The van der Waals surface area contributed by atoms with E-state index in [1.54, 1.807) is 0 Å². The Morgan fingerprint density at radius 3 is 2.33 bits per heavy atom. The van der Waals surface area contributed by atoms with Gasteiger partial charge < -0.3 is 0 Å². The lowest BCUT2D eigenvalue weighted by Gasteiger charge is -2.02. The summed E-state index contributed by atoms with van der Waals surface area (Å²) in [6, 6.07) is 2.65. The molecule has 0 aliphatic carbocycles. The molecule has 1 aromatic rings. The summed E-state index contributed by atoms with van der Waals surface area (Å²) in [5.41, 5.74) is -4.30. The van der Waals surface area contributed by atoms with Gasteiger partial charge in [-0.2, -0.15) is 13.2 Å². The number of thioether (sulfide) groups is 1. The minimum atomic E-state index is -4.30. The van der Waals surface area contributed by atoms with Crippen molar-refractivity contribution in [1.82, 2.24) is 10.2 Å². The molecule has 7 heteroatoms. The lowest BCUT2D eigenvalue weighted by Crippen LogP contribution is -2.00. The summed E-state index contributed by atoms with van der Waals surface area (Å²) in [6.07, 6.45) is 0. The first-order valence-corrected chi connectivity index (χ1v) is 4.33. The molecular formula is C5H2BrF3N2S. The summed E-state index contributed by atoms with van der Waals surface area (Å²) in [7, 11) is 0. The van der Waals surface area contributed by atoms with E-state index in [1.807, 2.05) is 0 Å². The highest BCUT2D eigenvalue weighted by atomic mass is 79.9. The van der Waals surface area contributed by atoms with E-state index in [9.17, 15) is 13.2 Å². The minimum absolute atomic E-state index is 0.161. The van der Waals surface area contributed by atoms with Crippen LogP contribution in [0.25, 0.3) is 0 Å². The van der Waals surface area contributed by atoms with Crippen molar-refractivity contribution in [2.75, 3.05) is 0 Å². The Balaban J connectivity index is 2.71. The van der Waals surface area contributed by atoms with Crippen LogP contribution in [0, 0.1) is 0 Å². The van der Waals surface area contributed by atoms with Crippen LogP contribution in [0.2, 0.25) is 0 Å². The monoisotopic (exact) mass is 258 g/mol. The minimum Gasteiger partial charge on any atom is -0.160 e. The van der Waals surface area contributed by atoms with Crippen LogP contribution in [0.5, 0.6) is 0 Å². The van der Waals surface area contributed by atoms with E-state index in [0.29, 0.717) is 4.60 Å². The van der Waals surface area contributed by atoms with E-state index in [1.165, 1.54) is 12.1 Å². The Kier molecular flexibility index (Phi) is 2.94. The van der Waals surface area contributed by atoms with Gasteiger partial charge in [-0.05, 0) is 28.1 Å². The van der Waals surface area contributed by atoms with Crippen molar-refractivity contribution < 1.29 is 13.2 Å². The van der Waals surface area contributed by atoms with Gasteiger partial charge in [0.2, 0.25) is 0 Å². The predicted molar refractivity (Wildman–Crippen MR) is 41.6 cm³/mol. The van der Waals surface area contributed by atoms with Gasteiger partial charge in [0.1, 0.15) is 9.63 Å². The van der Waals surface area contributed by atoms with E-state index in [-0.39, 0.29) is 16.8 Å². The van der Waals surface area contributed by atoms with Crippen molar-refractivity contribution >= 4 is 27.7 Å². The molecule has 1 aromatic heterocycles. The van der Waals surface area contributed by atoms with Gasteiger partial charge in [-0.3, -0.25) is 0 Å². The Morgan fingerprint density at radius 1 is 1.25 bits per heavy atom. The summed E-state index contributed by atoms with van der Waals surface area (Å²) >= 11 is 2.68. The molecule has 0 spiro atoms. The van der Waals surface area contributed by atoms with Crippen LogP contribution in [-0.2, 0) is 0 Å². The molecule has 0 saturated heterocycles. The normalized spacial score (nSPS) is 11.7. The lowest BCUT2D eigenvalue weighted by atomic mass is 10.6. The highest BCUT2D eigenvalue weighted by Crippen LogP contribution is 2.35. The number of alkyl halides is 3. The number of rotatable bonds is 1. The van der Waals surface area contributed by atoms with Gasteiger partial charge in [0.15, 0.2) is 0 Å². The predicted octanol–water partition coefficient (Wildman–Crippen LogP) is 2.85. The standard InChI is InChI=1S/C5H2BrF3N2S/c6-3-1-2-4(11-10-3)12-5(7,8)9/h1-2H. The number of aromatic nitrogens is 2. The number of halogens is 4. The van der Waals surface area contributed by atoms with Gasteiger partial charge in [0.05, 0.1) is 0 Å². The van der Waals surface area contributed by atoms with Crippen molar-refractivity contribution in [2.45, 2.75) is 10.5 Å². The first-order valence-electron chi connectivity index (χ1n) is 2.72. The quantitative estimate of drug-likeness (QED) is 0.725.